The maximum atomic E-state index is 5.87. The Bertz CT molecular complexity index is 642. The Hall–Kier alpha value is -2.20. The van der Waals surface area contributed by atoms with Crippen LogP contribution < -0.4 is 5.73 Å². The maximum Gasteiger partial charge on any atom is 0.0478 e. The van der Waals surface area contributed by atoms with Crippen LogP contribution in [0.5, 0.6) is 0 Å². The lowest BCUT2D eigenvalue weighted by atomic mass is 10.0. The Kier molecular flexibility index (Phi) is 3.39. The van der Waals surface area contributed by atoms with Crippen molar-refractivity contribution in [3.63, 3.8) is 0 Å². The summed E-state index contributed by atoms with van der Waals surface area (Å²) in [5.41, 5.74) is 12.3. The average Bonchev–Trinajstić information content (AvgIpc) is 2.34. The molecule has 0 unspecified atom stereocenters. The number of hydrogen-bond acceptors (Lipinski definition) is 1. The Labute approximate surface area is 109 Å². The van der Waals surface area contributed by atoms with Gasteiger partial charge in [-0.05, 0) is 55.7 Å². The van der Waals surface area contributed by atoms with Gasteiger partial charge < -0.3 is 5.73 Å². The van der Waals surface area contributed by atoms with Gasteiger partial charge in [0.05, 0.1) is 0 Å². The van der Waals surface area contributed by atoms with Crippen LogP contribution in [0.25, 0.3) is 0 Å². The summed E-state index contributed by atoms with van der Waals surface area (Å²) in [6.07, 6.45) is 0. The normalized spacial score (nSPS) is 9.72. The third kappa shape index (κ3) is 2.55. The predicted molar refractivity (Wildman–Crippen MR) is 77.5 cm³/mol. The zero-order valence-corrected chi connectivity index (χ0v) is 11.0. The van der Waals surface area contributed by atoms with E-state index in [4.69, 9.17) is 5.73 Å². The van der Waals surface area contributed by atoms with Gasteiger partial charge in [0.25, 0.3) is 0 Å². The zero-order valence-electron chi connectivity index (χ0n) is 11.0. The topological polar surface area (TPSA) is 26.0 Å². The van der Waals surface area contributed by atoms with Gasteiger partial charge in [0.2, 0.25) is 0 Å². The molecule has 90 valence electrons. The molecular weight excluding hydrogens is 218 g/mol. The van der Waals surface area contributed by atoms with Crippen molar-refractivity contribution in [3.05, 3.63) is 64.2 Å². The van der Waals surface area contributed by atoms with E-state index in [9.17, 15) is 0 Å². The van der Waals surface area contributed by atoms with E-state index in [2.05, 4.69) is 44.7 Å². The zero-order chi connectivity index (χ0) is 13.1. The number of para-hydroxylation sites is 1. The van der Waals surface area contributed by atoms with Crippen molar-refractivity contribution in [2.24, 2.45) is 0 Å². The molecule has 1 heteroatoms. The Morgan fingerprint density at radius 1 is 0.778 bits per heavy atom. The number of aryl methyl sites for hydroxylation is 3. The molecule has 0 saturated heterocycles. The molecule has 18 heavy (non-hydrogen) atoms. The van der Waals surface area contributed by atoms with Crippen LogP contribution in [0.2, 0.25) is 0 Å². The smallest absolute Gasteiger partial charge is 0.0478 e. The Morgan fingerprint density at radius 2 is 1.39 bits per heavy atom. The lowest BCUT2D eigenvalue weighted by Gasteiger charge is -2.04. The first-order valence-corrected chi connectivity index (χ1v) is 6.02. The van der Waals surface area contributed by atoms with Gasteiger partial charge in [-0.3, -0.25) is 0 Å². The van der Waals surface area contributed by atoms with Crippen molar-refractivity contribution < 1.29 is 0 Å². The second-order valence-electron chi connectivity index (χ2n) is 4.59. The lowest BCUT2D eigenvalue weighted by Crippen LogP contribution is -1.90. The second-order valence-corrected chi connectivity index (χ2v) is 4.59. The number of hydrogen-bond donors (Lipinski definition) is 1. The molecule has 0 aliphatic rings. The number of anilines is 1. The fraction of sp³-hybridized carbons (Fsp3) is 0.176. The Morgan fingerprint density at radius 3 is 2.11 bits per heavy atom. The van der Waals surface area contributed by atoms with Crippen LogP contribution in [-0.4, -0.2) is 0 Å². The van der Waals surface area contributed by atoms with Crippen LogP contribution >= 0.6 is 0 Å². The third-order valence-electron chi connectivity index (χ3n) is 3.13. The van der Waals surface area contributed by atoms with Gasteiger partial charge in [0, 0.05) is 16.8 Å². The van der Waals surface area contributed by atoms with Crippen LogP contribution in [0.4, 0.5) is 5.69 Å². The molecule has 1 nitrogen and oxygen atoms in total. The summed E-state index contributed by atoms with van der Waals surface area (Å²) in [5, 5.41) is 0. The van der Waals surface area contributed by atoms with Crippen molar-refractivity contribution >= 4 is 5.69 Å². The summed E-state index contributed by atoms with van der Waals surface area (Å²) >= 11 is 0. The van der Waals surface area contributed by atoms with Gasteiger partial charge >= 0.3 is 0 Å². The van der Waals surface area contributed by atoms with Crippen LogP contribution in [0.1, 0.15) is 27.8 Å². The van der Waals surface area contributed by atoms with Crippen molar-refractivity contribution in [2.45, 2.75) is 20.8 Å². The third-order valence-corrected chi connectivity index (χ3v) is 3.13. The van der Waals surface area contributed by atoms with E-state index in [-0.39, 0.29) is 0 Å². The van der Waals surface area contributed by atoms with E-state index in [1.165, 1.54) is 16.7 Å². The van der Waals surface area contributed by atoms with Gasteiger partial charge in [0.1, 0.15) is 0 Å². The standard InChI is InChI=1S/C17H17N/c1-12-10-14(3)16(11-13(12)2)9-8-15-6-4-5-7-17(15)18/h4-7,10-11H,18H2,1-3H3. The van der Waals surface area contributed by atoms with Crippen LogP contribution in [0.3, 0.4) is 0 Å². The van der Waals surface area contributed by atoms with Crippen LogP contribution in [-0.2, 0) is 0 Å². The first-order valence-electron chi connectivity index (χ1n) is 6.02. The molecule has 0 radical (unpaired) electrons. The first-order chi connectivity index (χ1) is 8.58. The predicted octanol–water partition coefficient (Wildman–Crippen LogP) is 3.59. The molecule has 0 aliphatic heterocycles. The number of nitrogens with two attached hydrogens (primary N) is 1. The van der Waals surface area contributed by atoms with Crippen molar-refractivity contribution in [1.29, 1.82) is 0 Å². The molecule has 0 amide bonds. The molecule has 0 saturated carbocycles. The summed E-state index contributed by atoms with van der Waals surface area (Å²) in [4.78, 5) is 0. The van der Waals surface area contributed by atoms with E-state index in [0.717, 1.165) is 16.8 Å². The minimum atomic E-state index is 0.728. The molecule has 0 bridgehead atoms. The molecule has 0 fully saturated rings. The molecule has 0 atom stereocenters. The first kappa shape index (κ1) is 12.3. The van der Waals surface area contributed by atoms with Gasteiger partial charge in [-0.2, -0.15) is 0 Å². The minimum Gasteiger partial charge on any atom is -0.398 e. The summed E-state index contributed by atoms with van der Waals surface area (Å²) in [5.74, 6) is 6.35. The van der Waals surface area contributed by atoms with Crippen LogP contribution in [0.15, 0.2) is 36.4 Å². The minimum absolute atomic E-state index is 0.728. The summed E-state index contributed by atoms with van der Waals surface area (Å²) < 4.78 is 0. The molecule has 0 aromatic heterocycles. The van der Waals surface area contributed by atoms with E-state index in [0.29, 0.717) is 0 Å². The number of rotatable bonds is 0. The van der Waals surface area contributed by atoms with E-state index in [1.807, 2.05) is 24.3 Å². The van der Waals surface area contributed by atoms with E-state index >= 15 is 0 Å². The summed E-state index contributed by atoms with van der Waals surface area (Å²) in [6.45, 7) is 6.32. The van der Waals surface area contributed by atoms with E-state index in [1.54, 1.807) is 0 Å². The fourth-order valence-electron chi connectivity index (χ4n) is 1.84. The SMILES string of the molecule is Cc1cc(C)c(C#Cc2ccccc2N)cc1C. The van der Waals surface area contributed by atoms with Crippen molar-refractivity contribution in [1.82, 2.24) is 0 Å². The lowest BCUT2D eigenvalue weighted by molar-refractivity contribution is 1.28. The van der Waals surface area contributed by atoms with Gasteiger partial charge in [0.15, 0.2) is 0 Å². The average molecular weight is 235 g/mol. The highest BCUT2D eigenvalue weighted by Gasteiger charge is 1.99. The molecule has 2 rings (SSSR count). The molecule has 2 aromatic carbocycles. The monoisotopic (exact) mass is 235 g/mol. The van der Waals surface area contributed by atoms with E-state index < -0.39 is 0 Å². The summed E-state index contributed by atoms with van der Waals surface area (Å²) in [7, 11) is 0. The highest BCUT2D eigenvalue weighted by molar-refractivity contribution is 5.58. The van der Waals surface area contributed by atoms with Gasteiger partial charge in [-0.1, -0.05) is 30.0 Å². The van der Waals surface area contributed by atoms with Gasteiger partial charge in [-0.15, -0.1) is 0 Å². The fourth-order valence-corrected chi connectivity index (χ4v) is 1.84. The summed E-state index contributed by atoms with van der Waals surface area (Å²) in [6, 6.07) is 12.0. The maximum absolute atomic E-state index is 5.87. The van der Waals surface area contributed by atoms with Crippen LogP contribution in [0, 0.1) is 32.6 Å². The molecule has 2 N–H and O–H groups in total. The van der Waals surface area contributed by atoms with Crippen molar-refractivity contribution in [2.75, 3.05) is 5.73 Å². The molecule has 0 spiro atoms. The van der Waals surface area contributed by atoms with Crippen molar-refractivity contribution in [3.8, 4) is 11.8 Å². The number of nitrogen functional groups attached to an aromatic ring is 1. The Balaban J connectivity index is 2.42. The highest BCUT2D eigenvalue weighted by atomic mass is 14.5. The quantitative estimate of drug-likeness (QED) is 0.548. The highest BCUT2D eigenvalue weighted by Crippen LogP contribution is 2.15. The second kappa shape index (κ2) is 4.98. The largest absolute Gasteiger partial charge is 0.398 e. The number of benzene rings is 2. The molecule has 2 aromatic rings. The molecule has 0 aliphatic carbocycles. The molecule has 0 heterocycles. The van der Waals surface area contributed by atoms with Gasteiger partial charge in [-0.25, -0.2) is 0 Å². The molecular formula is C17H17N.